The molecule has 0 unspecified atom stereocenters. The highest BCUT2D eigenvalue weighted by atomic mass is 19.1. The van der Waals surface area contributed by atoms with Crippen molar-refractivity contribution in [2.45, 2.75) is 19.4 Å². The van der Waals surface area contributed by atoms with E-state index in [1.165, 1.54) is 18.9 Å². The topological polar surface area (TPSA) is 70.9 Å². The first kappa shape index (κ1) is 15.1. The number of halogens is 1. The van der Waals surface area contributed by atoms with Crippen molar-refractivity contribution >= 4 is 27.9 Å². The monoisotopic (exact) mass is 349 g/mol. The van der Waals surface area contributed by atoms with Crippen LogP contribution in [0.2, 0.25) is 0 Å². The second-order valence-electron chi connectivity index (χ2n) is 6.89. The molecule has 0 radical (unpaired) electrons. The molecule has 26 heavy (non-hydrogen) atoms. The van der Waals surface area contributed by atoms with Gasteiger partial charge in [-0.25, -0.2) is 14.2 Å². The predicted octanol–water partition coefficient (Wildman–Crippen LogP) is 4.43. The smallest absolute Gasteiger partial charge is 0.335 e. The highest BCUT2D eigenvalue weighted by Crippen LogP contribution is 2.35. The number of nitrogens with zero attached hydrogens (tertiary/aromatic N) is 2. The van der Waals surface area contributed by atoms with Crippen LogP contribution in [0.25, 0.3) is 33.5 Å². The van der Waals surface area contributed by atoms with Gasteiger partial charge in [0.2, 0.25) is 0 Å². The van der Waals surface area contributed by atoms with E-state index in [1.54, 1.807) is 0 Å². The molecule has 0 amide bonds. The Morgan fingerprint density at radius 2 is 2.08 bits per heavy atom. The minimum absolute atomic E-state index is 0.105. The molecule has 2 aromatic carbocycles. The van der Waals surface area contributed by atoms with E-state index < -0.39 is 11.8 Å². The molecular formula is C20H16FN3O2. The van der Waals surface area contributed by atoms with Crippen molar-refractivity contribution in [2.75, 3.05) is 0 Å². The average Bonchev–Trinajstić information content (AvgIpc) is 3.21. The van der Waals surface area contributed by atoms with Gasteiger partial charge in [-0.05, 0) is 43.0 Å². The van der Waals surface area contributed by atoms with Crippen LogP contribution in [-0.4, -0.2) is 25.6 Å². The Morgan fingerprint density at radius 3 is 2.85 bits per heavy atom. The van der Waals surface area contributed by atoms with Gasteiger partial charge in [-0.15, -0.1) is 0 Å². The number of carboxylic acids is 1. The Labute approximate surface area is 148 Å². The summed E-state index contributed by atoms with van der Waals surface area (Å²) in [6.07, 6.45) is 2.45. The molecular weight excluding hydrogens is 333 g/mol. The van der Waals surface area contributed by atoms with E-state index in [-0.39, 0.29) is 11.1 Å². The molecule has 4 aromatic rings. The summed E-state index contributed by atoms with van der Waals surface area (Å²) in [4.78, 5) is 18.7. The van der Waals surface area contributed by atoms with Crippen LogP contribution in [0.4, 0.5) is 4.39 Å². The van der Waals surface area contributed by atoms with E-state index in [4.69, 9.17) is 5.11 Å². The van der Waals surface area contributed by atoms with Crippen LogP contribution in [0.5, 0.6) is 0 Å². The van der Waals surface area contributed by atoms with Gasteiger partial charge in [0.25, 0.3) is 0 Å². The molecule has 1 aliphatic carbocycles. The third-order valence-electron chi connectivity index (χ3n) is 4.98. The number of aromatic amines is 1. The van der Waals surface area contributed by atoms with Gasteiger partial charge >= 0.3 is 5.97 Å². The molecule has 0 bridgehead atoms. The first-order valence-corrected chi connectivity index (χ1v) is 8.61. The number of carboxylic acid groups (broad SMARTS) is 1. The summed E-state index contributed by atoms with van der Waals surface area (Å²) in [5.74, 6) is -0.552. The number of rotatable bonds is 4. The van der Waals surface area contributed by atoms with Crippen LogP contribution in [0, 0.1) is 11.7 Å². The number of hydrogen-bond donors (Lipinski definition) is 2. The molecule has 2 aromatic heterocycles. The fraction of sp³-hybridized carbons (Fsp3) is 0.200. The van der Waals surface area contributed by atoms with Crippen molar-refractivity contribution in [1.82, 2.24) is 14.5 Å². The molecule has 0 saturated heterocycles. The molecule has 0 atom stereocenters. The van der Waals surface area contributed by atoms with E-state index in [0.29, 0.717) is 17.3 Å². The van der Waals surface area contributed by atoms with Crippen molar-refractivity contribution in [2.24, 2.45) is 5.92 Å². The Bertz CT molecular complexity index is 1170. The van der Waals surface area contributed by atoms with Crippen LogP contribution in [0.1, 0.15) is 23.2 Å². The zero-order chi connectivity index (χ0) is 17.8. The van der Waals surface area contributed by atoms with E-state index in [1.807, 2.05) is 24.3 Å². The van der Waals surface area contributed by atoms with Gasteiger partial charge in [0.15, 0.2) is 5.82 Å². The largest absolute Gasteiger partial charge is 0.478 e. The SMILES string of the molecule is O=C(O)c1cc(F)c2[nH]c(-c3cc4ccccc4n3CC3CC3)nc2c1. The summed E-state index contributed by atoms with van der Waals surface area (Å²) in [6, 6.07) is 12.6. The van der Waals surface area contributed by atoms with E-state index in [9.17, 15) is 9.18 Å². The Hall–Kier alpha value is -3.15. The summed E-state index contributed by atoms with van der Waals surface area (Å²) in [6.45, 7) is 0.906. The third-order valence-corrected chi connectivity index (χ3v) is 4.98. The minimum Gasteiger partial charge on any atom is -0.478 e. The number of carbonyl (C=O) groups is 1. The van der Waals surface area contributed by atoms with Crippen LogP contribution in [0.3, 0.4) is 0 Å². The highest BCUT2D eigenvalue weighted by molar-refractivity contribution is 5.94. The van der Waals surface area contributed by atoms with Gasteiger partial charge in [0, 0.05) is 17.4 Å². The first-order chi connectivity index (χ1) is 12.6. The van der Waals surface area contributed by atoms with Gasteiger partial charge in [0.05, 0.1) is 16.8 Å². The fourth-order valence-corrected chi connectivity index (χ4v) is 3.48. The zero-order valence-corrected chi connectivity index (χ0v) is 13.9. The minimum atomic E-state index is -1.17. The number of aromatic carboxylic acids is 1. The van der Waals surface area contributed by atoms with Crippen molar-refractivity contribution in [3.8, 4) is 11.5 Å². The molecule has 2 heterocycles. The molecule has 0 spiro atoms. The van der Waals surface area contributed by atoms with Crippen molar-refractivity contribution in [3.63, 3.8) is 0 Å². The molecule has 5 nitrogen and oxygen atoms in total. The lowest BCUT2D eigenvalue weighted by molar-refractivity contribution is 0.0696. The Morgan fingerprint density at radius 1 is 1.27 bits per heavy atom. The maximum Gasteiger partial charge on any atom is 0.335 e. The molecule has 1 fully saturated rings. The summed E-state index contributed by atoms with van der Waals surface area (Å²) in [7, 11) is 0. The number of benzene rings is 2. The lowest BCUT2D eigenvalue weighted by Crippen LogP contribution is -2.02. The number of para-hydroxylation sites is 1. The predicted molar refractivity (Wildman–Crippen MR) is 96.7 cm³/mol. The second kappa shape index (κ2) is 5.42. The third kappa shape index (κ3) is 2.37. The van der Waals surface area contributed by atoms with Gasteiger partial charge < -0.3 is 14.7 Å². The van der Waals surface area contributed by atoms with Gasteiger partial charge in [-0.3, -0.25) is 0 Å². The standard InChI is InChI=1S/C20H16FN3O2/c21-14-7-13(20(25)26)8-15-18(14)23-19(22-15)17-9-12-3-1-2-4-16(12)24(17)10-11-5-6-11/h1-4,7-9,11H,5-6,10H2,(H,22,23)(H,25,26). The van der Waals surface area contributed by atoms with Crippen molar-refractivity contribution < 1.29 is 14.3 Å². The van der Waals surface area contributed by atoms with Crippen LogP contribution in [0.15, 0.2) is 42.5 Å². The molecule has 1 aliphatic rings. The summed E-state index contributed by atoms with van der Waals surface area (Å²) >= 11 is 0. The summed E-state index contributed by atoms with van der Waals surface area (Å²) in [5, 5.41) is 10.2. The maximum absolute atomic E-state index is 14.3. The van der Waals surface area contributed by atoms with Gasteiger partial charge in [-0.2, -0.15) is 0 Å². The second-order valence-corrected chi connectivity index (χ2v) is 6.89. The lowest BCUT2D eigenvalue weighted by Gasteiger charge is -2.08. The van der Waals surface area contributed by atoms with E-state index in [2.05, 4.69) is 20.6 Å². The van der Waals surface area contributed by atoms with Crippen LogP contribution >= 0.6 is 0 Å². The number of imidazole rings is 1. The lowest BCUT2D eigenvalue weighted by atomic mass is 10.2. The molecule has 0 aliphatic heterocycles. The van der Waals surface area contributed by atoms with Gasteiger partial charge in [-0.1, -0.05) is 18.2 Å². The summed E-state index contributed by atoms with van der Waals surface area (Å²) < 4.78 is 16.5. The molecule has 2 N–H and O–H groups in total. The number of fused-ring (bicyclic) bond motifs is 2. The molecule has 1 saturated carbocycles. The Kier molecular flexibility index (Phi) is 3.16. The normalized spacial score (nSPS) is 14.3. The van der Waals surface area contributed by atoms with Crippen molar-refractivity contribution in [1.29, 1.82) is 0 Å². The van der Waals surface area contributed by atoms with E-state index in [0.717, 1.165) is 29.2 Å². The number of aromatic nitrogens is 3. The molecule has 130 valence electrons. The Balaban J connectivity index is 1.72. The van der Waals surface area contributed by atoms with Gasteiger partial charge in [0.1, 0.15) is 11.3 Å². The maximum atomic E-state index is 14.3. The van der Waals surface area contributed by atoms with Crippen LogP contribution in [-0.2, 0) is 6.54 Å². The molecule has 5 rings (SSSR count). The fourth-order valence-electron chi connectivity index (χ4n) is 3.48. The highest BCUT2D eigenvalue weighted by Gasteiger charge is 2.25. The number of nitrogens with one attached hydrogen (secondary N) is 1. The first-order valence-electron chi connectivity index (χ1n) is 8.61. The zero-order valence-electron chi connectivity index (χ0n) is 13.9. The quantitative estimate of drug-likeness (QED) is 0.572. The van der Waals surface area contributed by atoms with E-state index >= 15 is 0 Å². The average molecular weight is 349 g/mol. The number of H-pyrrole nitrogens is 1. The van der Waals surface area contributed by atoms with Crippen LogP contribution < -0.4 is 0 Å². The van der Waals surface area contributed by atoms with Crippen molar-refractivity contribution in [3.05, 3.63) is 53.8 Å². The number of hydrogen-bond acceptors (Lipinski definition) is 2. The summed E-state index contributed by atoms with van der Waals surface area (Å²) in [5.41, 5.74) is 2.47. The molecule has 6 heteroatoms.